The van der Waals surface area contributed by atoms with Crippen molar-refractivity contribution in [1.82, 2.24) is 0 Å². The molecule has 0 aliphatic heterocycles. The van der Waals surface area contributed by atoms with E-state index in [0.717, 1.165) is 11.4 Å². The number of nitrogens with one attached hydrogen (secondary N) is 1. The fourth-order valence-corrected chi connectivity index (χ4v) is 2.67. The molecule has 2 rings (SSSR count). The second kappa shape index (κ2) is 7.18. The van der Waals surface area contributed by atoms with Crippen molar-refractivity contribution in [3.8, 4) is 5.75 Å². The van der Waals surface area contributed by atoms with Crippen molar-refractivity contribution in [3.05, 3.63) is 54.1 Å². The molecular weight excluding hydrogens is 282 g/mol. The number of thioether (sulfide) groups is 1. The van der Waals surface area contributed by atoms with Gasteiger partial charge in [-0.05, 0) is 48.5 Å². The zero-order valence-corrected chi connectivity index (χ0v) is 13.2. The predicted octanol–water partition coefficient (Wildman–Crippen LogP) is 4.45. The quantitative estimate of drug-likeness (QED) is 0.829. The van der Waals surface area contributed by atoms with Crippen LogP contribution in [0.5, 0.6) is 5.75 Å². The molecular formula is C17H19NO2S. The van der Waals surface area contributed by atoms with Crippen LogP contribution in [0.3, 0.4) is 0 Å². The molecule has 2 aromatic rings. The fourth-order valence-electron chi connectivity index (χ4n) is 1.83. The van der Waals surface area contributed by atoms with Crippen LogP contribution in [0.1, 0.15) is 24.2 Å². The summed E-state index contributed by atoms with van der Waals surface area (Å²) in [5.74, 6) is 0.657. The van der Waals surface area contributed by atoms with E-state index in [1.165, 1.54) is 4.90 Å². The Kier molecular flexibility index (Phi) is 5.28. The van der Waals surface area contributed by atoms with Crippen LogP contribution < -0.4 is 10.1 Å². The van der Waals surface area contributed by atoms with Gasteiger partial charge in [-0.3, -0.25) is 4.79 Å². The number of carbonyl (C=O) groups excluding carboxylic acids is 1. The molecule has 0 aromatic heterocycles. The molecule has 0 saturated carbocycles. The van der Waals surface area contributed by atoms with Crippen molar-refractivity contribution in [2.45, 2.75) is 24.0 Å². The van der Waals surface area contributed by atoms with Crippen molar-refractivity contribution in [2.75, 3.05) is 12.4 Å². The van der Waals surface area contributed by atoms with E-state index in [1.54, 1.807) is 18.9 Å². The molecule has 0 spiro atoms. The average molecular weight is 301 g/mol. The molecule has 0 heterocycles. The molecule has 0 aliphatic rings. The number of carbonyl (C=O) groups is 1. The first-order valence-electron chi connectivity index (χ1n) is 6.80. The summed E-state index contributed by atoms with van der Waals surface area (Å²) in [6.45, 7) is 4.30. The maximum absolute atomic E-state index is 12.2. The highest BCUT2D eigenvalue weighted by Gasteiger charge is 2.07. The van der Waals surface area contributed by atoms with Crippen LogP contribution in [-0.2, 0) is 0 Å². The van der Waals surface area contributed by atoms with Gasteiger partial charge in [-0.15, -0.1) is 11.8 Å². The maximum atomic E-state index is 12.2. The van der Waals surface area contributed by atoms with E-state index in [9.17, 15) is 4.79 Å². The first-order chi connectivity index (χ1) is 10.1. The number of anilines is 1. The van der Waals surface area contributed by atoms with Crippen LogP contribution in [0.25, 0.3) is 0 Å². The molecule has 0 aliphatic carbocycles. The highest BCUT2D eigenvalue weighted by atomic mass is 32.2. The molecule has 0 fully saturated rings. The second-order valence-corrected chi connectivity index (χ2v) is 6.52. The number of rotatable bonds is 5. The van der Waals surface area contributed by atoms with Crippen LogP contribution >= 0.6 is 11.8 Å². The predicted molar refractivity (Wildman–Crippen MR) is 88.4 cm³/mol. The van der Waals surface area contributed by atoms with Crippen molar-refractivity contribution in [1.29, 1.82) is 0 Å². The zero-order chi connectivity index (χ0) is 15.2. The van der Waals surface area contributed by atoms with Gasteiger partial charge in [-0.2, -0.15) is 0 Å². The van der Waals surface area contributed by atoms with Crippen LogP contribution in [-0.4, -0.2) is 18.3 Å². The topological polar surface area (TPSA) is 38.3 Å². The molecule has 0 bridgehead atoms. The molecule has 0 unspecified atom stereocenters. The summed E-state index contributed by atoms with van der Waals surface area (Å²) in [5.41, 5.74) is 1.40. The van der Waals surface area contributed by atoms with Gasteiger partial charge in [0.2, 0.25) is 0 Å². The number of hydrogen-bond acceptors (Lipinski definition) is 3. The van der Waals surface area contributed by atoms with E-state index in [0.29, 0.717) is 10.8 Å². The van der Waals surface area contributed by atoms with Crippen LogP contribution in [0.4, 0.5) is 5.69 Å². The Hall–Kier alpha value is -1.94. The Labute approximate surface area is 129 Å². The summed E-state index contributed by atoms with van der Waals surface area (Å²) in [6, 6.07) is 14.9. The van der Waals surface area contributed by atoms with E-state index < -0.39 is 0 Å². The third-order valence-electron chi connectivity index (χ3n) is 2.84. The van der Waals surface area contributed by atoms with Gasteiger partial charge in [-0.25, -0.2) is 0 Å². The Morgan fingerprint density at radius 1 is 1.05 bits per heavy atom. The molecule has 0 atom stereocenters. The molecule has 3 nitrogen and oxygen atoms in total. The first-order valence-corrected chi connectivity index (χ1v) is 7.68. The largest absolute Gasteiger partial charge is 0.497 e. The smallest absolute Gasteiger partial charge is 0.255 e. The molecule has 1 amide bonds. The Morgan fingerprint density at radius 3 is 2.19 bits per heavy atom. The number of benzene rings is 2. The van der Waals surface area contributed by atoms with Gasteiger partial charge >= 0.3 is 0 Å². The van der Waals surface area contributed by atoms with E-state index >= 15 is 0 Å². The maximum Gasteiger partial charge on any atom is 0.255 e. The molecule has 21 heavy (non-hydrogen) atoms. The van der Waals surface area contributed by atoms with Gasteiger partial charge in [0.25, 0.3) is 5.91 Å². The van der Waals surface area contributed by atoms with Gasteiger partial charge in [0.15, 0.2) is 0 Å². The lowest BCUT2D eigenvalue weighted by molar-refractivity contribution is 0.102. The number of ether oxygens (including phenoxy) is 1. The lowest BCUT2D eigenvalue weighted by Crippen LogP contribution is -2.11. The standard InChI is InChI=1S/C17H19NO2S/c1-12(2)21-16-10-4-13(5-11-16)17(19)18-14-6-8-15(20-3)9-7-14/h4-12H,1-3H3,(H,18,19). The van der Waals surface area contributed by atoms with E-state index in [2.05, 4.69) is 19.2 Å². The van der Waals surface area contributed by atoms with Gasteiger partial charge in [0.05, 0.1) is 7.11 Å². The minimum atomic E-state index is -0.110. The second-order valence-electron chi connectivity index (χ2n) is 4.87. The van der Waals surface area contributed by atoms with Crippen molar-refractivity contribution in [2.24, 2.45) is 0 Å². The number of methoxy groups -OCH3 is 1. The Balaban J connectivity index is 2.02. The van der Waals surface area contributed by atoms with Crippen molar-refractivity contribution in [3.63, 3.8) is 0 Å². The van der Waals surface area contributed by atoms with E-state index in [1.807, 2.05) is 48.5 Å². The molecule has 0 saturated heterocycles. The zero-order valence-electron chi connectivity index (χ0n) is 12.4. The normalized spacial score (nSPS) is 10.5. The van der Waals surface area contributed by atoms with Crippen molar-refractivity contribution < 1.29 is 9.53 Å². The van der Waals surface area contributed by atoms with E-state index in [-0.39, 0.29) is 5.91 Å². The van der Waals surface area contributed by atoms with Crippen LogP contribution in [0.2, 0.25) is 0 Å². The highest BCUT2D eigenvalue weighted by molar-refractivity contribution is 7.99. The van der Waals surface area contributed by atoms with Gasteiger partial charge in [-0.1, -0.05) is 13.8 Å². The summed E-state index contributed by atoms with van der Waals surface area (Å²) in [7, 11) is 1.62. The molecule has 4 heteroatoms. The summed E-state index contributed by atoms with van der Waals surface area (Å²) in [6.07, 6.45) is 0. The van der Waals surface area contributed by atoms with Crippen LogP contribution in [0, 0.1) is 0 Å². The molecule has 2 aromatic carbocycles. The molecule has 110 valence electrons. The molecule has 1 N–H and O–H groups in total. The highest BCUT2D eigenvalue weighted by Crippen LogP contribution is 2.23. The number of hydrogen-bond donors (Lipinski definition) is 1. The van der Waals surface area contributed by atoms with Gasteiger partial charge in [0, 0.05) is 21.4 Å². The SMILES string of the molecule is COc1ccc(NC(=O)c2ccc(SC(C)C)cc2)cc1. The third-order valence-corrected chi connectivity index (χ3v) is 3.85. The summed E-state index contributed by atoms with van der Waals surface area (Å²) >= 11 is 1.78. The van der Waals surface area contributed by atoms with Crippen molar-refractivity contribution >= 4 is 23.4 Å². The lowest BCUT2D eigenvalue weighted by Gasteiger charge is -2.08. The Bertz CT molecular complexity index is 591. The monoisotopic (exact) mass is 301 g/mol. The molecule has 0 radical (unpaired) electrons. The van der Waals surface area contributed by atoms with E-state index in [4.69, 9.17) is 4.74 Å². The summed E-state index contributed by atoms with van der Waals surface area (Å²) < 4.78 is 5.09. The lowest BCUT2D eigenvalue weighted by atomic mass is 10.2. The summed E-state index contributed by atoms with van der Waals surface area (Å²) in [4.78, 5) is 13.3. The Morgan fingerprint density at radius 2 is 1.67 bits per heavy atom. The van der Waals surface area contributed by atoms with Gasteiger partial charge in [0.1, 0.15) is 5.75 Å². The number of amides is 1. The third kappa shape index (κ3) is 4.53. The summed E-state index contributed by atoms with van der Waals surface area (Å²) in [5, 5.41) is 3.40. The van der Waals surface area contributed by atoms with Crippen LogP contribution in [0.15, 0.2) is 53.4 Å². The average Bonchev–Trinajstić information content (AvgIpc) is 2.48. The fraction of sp³-hybridized carbons (Fsp3) is 0.235. The first kappa shape index (κ1) is 15.4. The minimum Gasteiger partial charge on any atom is -0.497 e. The minimum absolute atomic E-state index is 0.110. The van der Waals surface area contributed by atoms with Gasteiger partial charge < -0.3 is 10.1 Å².